The number of nitrogens with zero attached hydrogens (tertiary/aromatic N) is 3. The fourth-order valence-corrected chi connectivity index (χ4v) is 3.88. The van der Waals surface area contributed by atoms with Crippen LogP contribution >= 0.6 is 0 Å². The van der Waals surface area contributed by atoms with E-state index in [1.807, 2.05) is 32.9 Å². The van der Waals surface area contributed by atoms with Crippen LogP contribution in [0.25, 0.3) is 0 Å². The summed E-state index contributed by atoms with van der Waals surface area (Å²) < 4.78 is 0. The zero-order valence-corrected chi connectivity index (χ0v) is 19.8. The lowest BCUT2D eigenvalue weighted by molar-refractivity contribution is -0.384. The van der Waals surface area contributed by atoms with Gasteiger partial charge in [-0.1, -0.05) is 31.5 Å². The molecule has 180 valence electrons. The first-order chi connectivity index (χ1) is 16.3. The minimum absolute atomic E-state index is 0.0426. The molecule has 34 heavy (non-hydrogen) atoms. The number of aryl methyl sites for hydroxylation is 1. The number of non-ortho nitro benzene ring substituents is 1. The highest BCUT2D eigenvalue weighted by molar-refractivity contribution is 5.98. The van der Waals surface area contributed by atoms with Gasteiger partial charge in [-0.05, 0) is 50.3 Å². The van der Waals surface area contributed by atoms with Gasteiger partial charge in [0.15, 0.2) is 0 Å². The smallest absolute Gasteiger partial charge is 0.270 e. The molecule has 1 unspecified atom stereocenters. The van der Waals surface area contributed by atoms with Gasteiger partial charge >= 0.3 is 0 Å². The first-order valence-corrected chi connectivity index (χ1v) is 11.5. The lowest BCUT2D eigenvalue weighted by Crippen LogP contribution is -2.48. The van der Waals surface area contributed by atoms with E-state index in [1.165, 1.54) is 18.3 Å². The van der Waals surface area contributed by atoms with Crippen LogP contribution in [0.2, 0.25) is 0 Å². The highest BCUT2D eigenvalue weighted by Gasteiger charge is 2.24. The molecule has 2 N–H and O–H groups in total. The van der Waals surface area contributed by atoms with Crippen LogP contribution in [0.4, 0.5) is 11.4 Å². The maximum Gasteiger partial charge on any atom is 0.270 e. The summed E-state index contributed by atoms with van der Waals surface area (Å²) in [4.78, 5) is 38.4. The van der Waals surface area contributed by atoms with E-state index >= 15 is 0 Å². The van der Waals surface area contributed by atoms with Crippen molar-refractivity contribution < 1.29 is 14.5 Å². The third-order valence-corrected chi connectivity index (χ3v) is 5.85. The van der Waals surface area contributed by atoms with E-state index in [2.05, 4.69) is 20.7 Å². The number of amides is 2. The average molecular weight is 466 g/mol. The van der Waals surface area contributed by atoms with E-state index in [1.54, 1.807) is 18.2 Å². The van der Waals surface area contributed by atoms with Gasteiger partial charge in [0.05, 0.1) is 11.1 Å². The van der Waals surface area contributed by atoms with E-state index in [0.29, 0.717) is 11.1 Å². The summed E-state index contributed by atoms with van der Waals surface area (Å²) in [5.41, 5.74) is 5.35. The number of rotatable bonds is 8. The van der Waals surface area contributed by atoms with Crippen LogP contribution in [0.15, 0.2) is 47.6 Å². The molecule has 1 aliphatic heterocycles. The number of nitro benzene ring substituents is 1. The molecule has 9 nitrogen and oxygen atoms in total. The van der Waals surface area contributed by atoms with Crippen LogP contribution in [0.3, 0.4) is 0 Å². The monoisotopic (exact) mass is 465 g/mol. The molecule has 1 atom stereocenters. The Kier molecular flexibility index (Phi) is 8.34. The quantitative estimate of drug-likeness (QED) is 0.349. The van der Waals surface area contributed by atoms with Crippen LogP contribution in [0.1, 0.15) is 54.6 Å². The van der Waals surface area contributed by atoms with Gasteiger partial charge in [0.2, 0.25) is 0 Å². The fraction of sp³-hybridized carbons (Fsp3) is 0.400. The Bertz CT molecular complexity index is 1060. The zero-order valence-electron chi connectivity index (χ0n) is 19.8. The van der Waals surface area contributed by atoms with Gasteiger partial charge < -0.3 is 10.2 Å². The van der Waals surface area contributed by atoms with Crippen LogP contribution < -0.4 is 15.6 Å². The molecule has 0 bridgehead atoms. The second-order valence-corrected chi connectivity index (χ2v) is 8.84. The molecule has 0 aliphatic carbocycles. The molecule has 0 spiro atoms. The summed E-state index contributed by atoms with van der Waals surface area (Å²) >= 11 is 0. The predicted molar refractivity (Wildman–Crippen MR) is 132 cm³/mol. The second-order valence-electron chi connectivity index (χ2n) is 8.84. The number of nitrogens with one attached hydrogen (secondary N) is 2. The summed E-state index contributed by atoms with van der Waals surface area (Å²) in [6.07, 6.45) is 4.70. The van der Waals surface area contributed by atoms with Crippen LogP contribution in [0, 0.1) is 23.0 Å². The summed E-state index contributed by atoms with van der Waals surface area (Å²) in [5.74, 6) is -0.980. The summed E-state index contributed by atoms with van der Waals surface area (Å²) in [6, 6.07) is 11.0. The third-order valence-electron chi connectivity index (χ3n) is 5.85. The molecule has 9 heteroatoms. The summed E-state index contributed by atoms with van der Waals surface area (Å²) in [6.45, 7) is 7.33. The Morgan fingerprint density at radius 1 is 1.09 bits per heavy atom. The first kappa shape index (κ1) is 24.9. The van der Waals surface area contributed by atoms with Crippen LogP contribution in [-0.4, -0.2) is 42.1 Å². The molecule has 2 aromatic rings. The minimum Gasteiger partial charge on any atom is -0.371 e. The van der Waals surface area contributed by atoms with Crippen molar-refractivity contribution in [2.75, 3.05) is 18.0 Å². The molecule has 2 amide bonds. The Morgan fingerprint density at radius 2 is 1.76 bits per heavy atom. The van der Waals surface area contributed by atoms with E-state index < -0.39 is 16.9 Å². The number of carbonyl (C=O) groups excluding carboxylic acids is 2. The number of anilines is 1. The molecule has 1 fully saturated rings. The molecule has 2 aromatic carbocycles. The van der Waals surface area contributed by atoms with Crippen molar-refractivity contribution >= 4 is 29.4 Å². The number of piperidine rings is 1. The maximum atomic E-state index is 12.8. The molecule has 1 heterocycles. The molecular weight excluding hydrogens is 434 g/mol. The number of nitro groups is 1. The lowest BCUT2D eigenvalue weighted by atomic mass is 10.0. The van der Waals surface area contributed by atoms with Gasteiger partial charge in [-0.25, -0.2) is 5.43 Å². The normalized spacial score (nSPS) is 14.8. The second kappa shape index (κ2) is 11.4. The number of hydrogen-bond donors (Lipinski definition) is 2. The van der Waals surface area contributed by atoms with Crippen LogP contribution in [0.5, 0.6) is 0 Å². The zero-order chi connectivity index (χ0) is 24.7. The molecule has 3 rings (SSSR count). The van der Waals surface area contributed by atoms with Gasteiger partial charge in [-0.15, -0.1) is 0 Å². The van der Waals surface area contributed by atoms with Gasteiger partial charge in [-0.2, -0.15) is 5.10 Å². The van der Waals surface area contributed by atoms with Crippen molar-refractivity contribution in [1.29, 1.82) is 0 Å². The standard InChI is InChI=1S/C25H31N5O4/c1-17(2)23(27-24(31)19-9-7-18(3)8-10-19)25(32)28-26-16-20-15-21(30(33)34)11-12-22(20)29-13-5-4-6-14-29/h7-12,15-17,23H,4-6,13-14H2,1-3H3,(H,27,31)(H,28,32)/b26-16-. The third kappa shape index (κ3) is 6.40. The topological polar surface area (TPSA) is 117 Å². The van der Waals surface area contributed by atoms with Gasteiger partial charge in [0.1, 0.15) is 6.04 Å². The van der Waals surface area contributed by atoms with Crippen LogP contribution in [-0.2, 0) is 4.79 Å². The van der Waals surface area contributed by atoms with E-state index in [9.17, 15) is 19.7 Å². The number of hydrogen-bond acceptors (Lipinski definition) is 6. The highest BCUT2D eigenvalue weighted by atomic mass is 16.6. The fourth-order valence-electron chi connectivity index (χ4n) is 3.88. The van der Waals surface area contributed by atoms with Crippen molar-refractivity contribution in [3.8, 4) is 0 Å². The first-order valence-electron chi connectivity index (χ1n) is 11.5. The average Bonchev–Trinajstić information content (AvgIpc) is 2.83. The molecule has 1 aliphatic rings. The van der Waals surface area contributed by atoms with Gasteiger partial charge in [-0.3, -0.25) is 19.7 Å². The maximum absolute atomic E-state index is 12.8. The SMILES string of the molecule is Cc1ccc(C(=O)NC(C(=O)N/N=C\c2cc([N+](=O)[O-])ccc2N2CCCCC2)C(C)C)cc1. The number of benzene rings is 2. The minimum atomic E-state index is -0.794. The summed E-state index contributed by atoms with van der Waals surface area (Å²) in [5, 5.41) is 18.1. The molecule has 0 saturated carbocycles. The molecule has 0 radical (unpaired) electrons. The van der Waals surface area contributed by atoms with Crippen molar-refractivity contribution in [2.45, 2.75) is 46.1 Å². The lowest BCUT2D eigenvalue weighted by Gasteiger charge is -2.29. The Labute approximate surface area is 199 Å². The van der Waals surface area contributed by atoms with E-state index in [0.717, 1.165) is 43.6 Å². The summed E-state index contributed by atoms with van der Waals surface area (Å²) in [7, 11) is 0. The molecule has 0 aromatic heterocycles. The van der Waals surface area contributed by atoms with Crippen molar-refractivity contribution in [3.63, 3.8) is 0 Å². The molecular formula is C25H31N5O4. The van der Waals surface area contributed by atoms with E-state index in [4.69, 9.17) is 0 Å². The highest BCUT2D eigenvalue weighted by Crippen LogP contribution is 2.27. The van der Waals surface area contributed by atoms with Gasteiger partial charge in [0, 0.05) is 42.0 Å². The van der Waals surface area contributed by atoms with Gasteiger partial charge in [0.25, 0.3) is 17.5 Å². The predicted octanol–water partition coefficient (Wildman–Crippen LogP) is 3.80. The molecule has 1 saturated heterocycles. The Balaban J connectivity index is 1.73. The van der Waals surface area contributed by atoms with Crippen molar-refractivity contribution in [3.05, 3.63) is 69.3 Å². The Morgan fingerprint density at radius 3 is 2.38 bits per heavy atom. The number of carbonyl (C=O) groups is 2. The Hall–Kier alpha value is -3.75. The number of hydrazone groups is 1. The van der Waals surface area contributed by atoms with Crippen molar-refractivity contribution in [1.82, 2.24) is 10.7 Å². The largest absolute Gasteiger partial charge is 0.371 e. The van der Waals surface area contributed by atoms with E-state index in [-0.39, 0.29) is 17.5 Å². The van der Waals surface area contributed by atoms with Crippen molar-refractivity contribution in [2.24, 2.45) is 11.0 Å².